The molecule has 8 heteroatoms. The van der Waals surface area contributed by atoms with Gasteiger partial charge in [0.15, 0.2) is 0 Å². The van der Waals surface area contributed by atoms with Gasteiger partial charge in [0, 0.05) is 6.04 Å². The second-order valence-corrected chi connectivity index (χ2v) is 7.02. The summed E-state index contributed by atoms with van der Waals surface area (Å²) in [6.45, 7) is 5.01. The number of rotatable bonds is 5. The molecule has 1 amide bonds. The predicted octanol–water partition coefficient (Wildman–Crippen LogP) is 2.18. The molecule has 112 valence electrons. The van der Waals surface area contributed by atoms with Crippen LogP contribution in [0.15, 0.2) is 23.1 Å². The molecule has 0 radical (unpaired) electrons. The molecule has 20 heavy (non-hydrogen) atoms. The summed E-state index contributed by atoms with van der Waals surface area (Å²) in [6, 6.07) is 3.36. The number of carbonyl (C=O) groups excluding carboxylic acids is 1. The van der Waals surface area contributed by atoms with Crippen LogP contribution in [0.2, 0.25) is 10.0 Å². The Kier molecular flexibility index (Phi) is 5.82. The number of hydrogen-bond donors (Lipinski definition) is 2. The molecule has 0 fully saturated rings. The maximum atomic E-state index is 12.2. The molecule has 1 atom stereocenters. The zero-order valence-electron chi connectivity index (χ0n) is 11.3. The first kappa shape index (κ1) is 17.2. The summed E-state index contributed by atoms with van der Waals surface area (Å²) < 4.78 is 26.7. The minimum Gasteiger partial charge on any atom is -0.353 e. The van der Waals surface area contributed by atoms with Crippen LogP contribution in [0.4, 0.5) is 0 Å². The van der Waals surface area contributed by atoms with Crippen molar-refractivity contribution in [3.8, 4) is 0 Å². The van der Waals surface area contributed by atoms with Crippen molar-refractivity contribution < 1.29 is 13.2 Å². The average Bonchev–Trinajstić information content (AvgIpc) is 2.26. The zero-order chi connectivity index (χ0) is 15.5. The van der Waals surface area contributed by atoms with Gasteiger partial charge in [-0.2, -0.15) is 4.72 Å². The quantitative estimate of drug-likeness (QED) is 0.863. The van der Waals surface area contributed by atoms with Gasteiger partial charge in [-0.3, -0.25) is 4.79 Å². The van der Waals surface area contributed by atoms with E-state index >= 15 is 0 Å². The van der Waals surface area contributed by atoms with Gasteiger partial charge in [0.2, 0.25) is 15.9 Å². The van der Waals surface area contributed by atoms with E-state index in [9.17, 15) is 13.2 Å². The minimum atomic E-state index is -3.98. The van der Waals surface area contributed by atoms with E-state index in [1.54, 1.807) is 19.9 Å². The number of halogens is 2. The topological polar surface area (TPSA) is 75.3 Å². The van der Waals surface area contributed by atoms with Crippen molar-refractivity contribution in [2.75, 3.05) is 0 Å². The molecular formula is C12H16Cl2N2O3S. The van der Waals surface area contributed by atoms with E-state index in [0.29, 0.717) is 0 Å². The van der Waals surface area contributed by atoms with E-state index in [4.69, 9.17) is 23.2 Å². The highest BCUT2D eigenvalue weighted by atomic mass is 35.5. The van der Waals surface area contributed by atoms with E-state index in [2.05, 4.69) is 10.0 Å². The number of amides is 1. The lowest BCUT2D eigenvalue weighted by atomic mass is 10.3. The van der Waals surface area contributed by atoms with Gasteiger partial charge < -0.3 is 5.32 Å². The highest BCUT2D eigenvalue weighted by Crippen LogP contribution is 2.28. The Morgan fingerprint density at radius 2 is 1.65 bits per heavy atom. The van der Waals surface area contributed by atoms with Crippen LogP contribution >= 0.6 is 23.2 Å². The van der Waals surface area contributed by atoms with Crippen LogP contribution < -0.4 is 10.0 Å². The second kappa shape index (κ2) is 6.76. The summed E-state index contributed by atoms with van der Waals surface area (Å²) in [5.41, 5.74) is 0. The third-order valence-corrected chi connectivity index (χ3v) is 4.84. The van der Waals surface area contributed by atoms with Crippen LogP contribution in [0.1, 0.15) is 20.8 Å². The molecule has 0 saturated heterocycles. The molecule has 1 rings (SSSR count). The highest BCUT2D eigenvalue weighted by Gasteiger charge is 2.26. The van der Waals surface area contributed by atoms with E-state index in [0.717, 1.165) is 0 Å². The second-order valence-electron chi connectivity index (χ2n) is 4.56. The monoisotopic (exact) mass is 338 g/mol. The fourth-order valence-corrected chi connectivity index (χ4v) is 3.84. The van der Waals surface area contributed by atoms with Crippen molar-refractivity contribution in [1.82, 2.24) is 10.0 Å². The van der Waals surface area contributed by atoms with Crippen LogP contribution in [0.5, 0.6) is 0 Å². The summed E-state index contributed by atoms with van der Waals surface area (Å²) in [6.07, 6.45) is 0. The number of hydrogen-bond acceptors (Lipinski definition) is 3. The zero-order valence-corrected chi connectivity index (χ0v) is 13.6. The van der Waals surface area contributed by atoms with E-state index in [1.165, 1.54) is 19.1 Å². The standard InChI is InChI=1S/C12H16Cl2N2O3S/c1-7(2)15-12(17)8(3)16-20(18,19)11-9(13)5-4-6-10(11)14/h4-8,16H,1-3H3,(H,15,17)/t8-/m0/s1. The van der Waals surface area contributed by atoms with E-state index < -0.39 is 22.0 Å². The van der Waals surface area contributed by atoms with Crippen molar-refractivity contribution in [1.29, 1.82) is 0 Å². The number of sulfonamides is 1. The van der Waals surface area contributed by atoms with E-state index in [-0.39, 0.29) is 21.0 Å². The lowest BCUT2D eigenvalue weighted by molar-refractivity contribution is -0.122. The summed E-state index contributed by atoms with van der Waals surface area (Å²) in [5, 5.41) is 2.62. The maximum Gasteiger partial charge on any atom is 0.244 e. The van der Waals surface area contributed by atoms with Gasteiger partial charge in [-0.15, -0.1) is 0 Å². The number of nitrogens with one attached hydrogen (secondary N) is 2. The lowest BCUT2D eigenvalue weighted by Crippen LogP contribution is -2.46. The first-order chi connectivity index (χ1) is 9.15. The Bertz CT molecular complexity index is 582. The first-order valence-electron chi connectivity index (χ1n) is 5.92. The van der Waals surface area contributed by atoms with Gasteiger partial charge in [0.25, 0.3) is 0 Å². The van der Waals surface area contributed by atoms with Gasteiger partial charge >= 0.3 is 0 Å². The summed E-state index contributed by atoms with van der Waals surface area (Å²) in [4.78, 5) is 11.5. The average molecular weight is 339 g/mol. The normalized spacial score (nSPS) is 13.3. The van der Waals surface area contributed by atoms with Crippen molar-refractivity contribution in [2.24, 2.45) is 0 Å². The molecular weight excluding hydrogens is 323 g/mol. The van der Waals surface area contributed by atoms with Crippen molar-refractivity contribution in [2.45, 2.75) is 37.8 Å². The fraction of sp³-hybridized carbons (Fsp3) is 0.417. The molecule has 0 aliphatic rings. The largest absolute Gasteiger partial charge is 0.353 e. The van der Waals surface area contributed by atoms with Crippen LogP contribution in [0, 0.1) is 0 Å². The smallest absolute Gasteiger partial charge is 0.244 e. The van der Waals surface area contributed by atoms with Gasteiger partial charge in [-0.1, -0.05) is 29.3 Å². The molecule has 0 bridgehead atoms. The first-order valence-corrected chi connectivity index (χ1v) is 8.15. The number of benzene rings is 1. The molecule has 0 saturated carbocycles. The van der Waals surface area contributed by atoms with E-state index in [1.807, 2.05) is 0 Å². The number of carbonyl (C=O) groups is 1. The molecule has 1 aromatic carbocycles. The lowest BCUT2D eigenvalue weighted by Gasteiger charge is -2.17. The van der Waals surface area contributed by atoms with Gasteiger partial charge in [0.05, 0.1) is 16.1 Å². The Morgan fingerprint density at radius 3 is 2.10 bits per heavy atom. The Labute approximate surface area is 128 Å². The molecule has 0 spiro atoms. The minimum absolute atomic E-state index is 0.00136. The molecule has 0 unspecified atom stereocenters. The van der Waals surface area contributed by atoms with Gasteiger partial charge in [0.1, 0.15) is 4.90 Å². The summed E-state index contributed by atoms with van der Waals surface area (Å²) >= 11 is 11.7. The maximum absolute atomic E-state index is 12.2. The molecule has 5 nitrogen and oxygen atoms in total. The Morgan fingerprint density at radius 1 is 1.15 bits per heavy atom. The Balaban J connectivity index is 2.99. The molecule has 0 aliphatic carbocycles. The van der Waals surface area contributed by atoms with Gasteiger partial charge in [-0.05, 0) is 32.9 Å². The van der Waals surface area contributed by atoms with Crippen molar-refractivity contribution in [3.63, 3.8) is 0 Å². The summed E-state index contributed by atoms with van der Waals surface area (Å²) in [5.74, 6) is -0.424. The summed E-state index contributed by atoms with van der Waals surface area (Å²) in [7, 11) is -3.98. The fourth-order valence-electron chi connectivity index (χ4n) is 1.49. The Hall–Kier alpha value is -0.820. The van der Waals surface area contributed by atoms with Crippen LogP contribution in [0.25, 0.3) is 0 Å². The highest BCUT2D eigenvalue weighted by molar-refractivity contribution is 7.89. The predicted molar refractivity (Wildman–Crippen MR) is 79.5 cm³/mol. The third-order valence-electron chi connectivity index (χ3n) is 2.34. The molecule has 0 aliphatic heterocycles. The molecule has 2 N–H and O–H groups in total. The SMILES string of the molecule is CC(C)NC(=O)[C@H](C)NS(=O)(=O)c1c(Cl)cccc1Cl. The van der Waals surface area contributed by atoms with Gasteiger partial charge in [-0.25, -0.2) is 8.42 Å². The van der Waals surface area contributed by atoms with Crippen molar-refractivity contribution in [3.05, 3.63) is 28.2 Å². The van der Waals surface area contributed by atoms with Crippen molar-refractivity contribution >= 4 is 39.1 Å². The third kappa shape index (κ3) is 4.34. The van der Waals surface area contributed by atoms with Crippen LogP contribution in [0.3, 0.4) is 0 Å². The van der Waals surface area contributed by atoms with Crippen LogP contribution in [-0.4, -0.2) is 26.4 Å². The molecule has 1 aromatic rings. The molecule has 0 heterocycles. The molecule has 0 aromatic heterocycles. The van der Waals surface area contributed by atoms with Crippen LogP contribution in [-0.2, 0) is 14.8 Å².